The number of nitrogens with zero attached hydrogens (tertiary/aromatic N) is 6. The van der Waals surface area contributed by atoms with Crippen molar-refractivity contribution >= 4 is 11.6 Å². The van der Waals surface area contributed by atoms with Gasteiger partial charge >= 0.3 is 0 Å². The van der Waals surface area contributed by atoms with Crippen molar-refractivity contribution in [2.75, 3.05) is 13.1 Å². The number of carbonyl (C=O) groups excluding carboxylic acids is 1. The van der Waals surface area contributed by atoms with E-state index in [9.17, 15) is 14.9 Å². The van der Waals surface area contributed by atoms with Gasteiger partial charge in [-0.15, -0.1) is 10.2 Å². The first-order chi connectivity index (χ1) is 14.5. The van der Waals surface area contributed by atoms with E-state index in [1.807, 2.05) is 0 Å². The van der Waals surface area contributed by atoms with Crippen LogP contribution in [0.2, 0.25) is 0 Å². The van der Waals surface area contributed by atoms with Gasteiger partial charge in [-0.1, -0.05) is 6.07 Å². The van der Waals surface area contributed by atoms with Crippen LogP contribution in [0.3, 0.4) is 0 Å². The molecule has 3 aromatic rings. The van der Waals surface area contributed by atoms with Crippen molar-refractivity contribution in [2.24, 2.45) is 0 Å². The number of piperidine rings is 1. The van der Waals surface area contributed by atoms with E-state index >= 15 is 0 Å². The maximum absolute atomic E-state index is 12.7. The molecule has 1 saturated heterocycles. The predicted octanol–water partition coefficient (Wildman–Crippen LogP) is 2.56. The molecule has 10 nitrogen and oxygen atoms in total. The molecule has 1 fully saturated rings. The van der Waals surface area contributed by atoms with Crippen LogP contribution in [0, 0.1) is 17.0 Å². The van der Waals surface area contributed by atoms with Gasteiger partial charge in [-0.25, -0.2) is 4.68 Å². The lowest BCUT2D eigenvalue weighted by atomic mass is 10.0. The summed E-state index contributed by atoms with van der Waals surface area (Å²) in [6, 6.07) is 9.90. The molecule has 30 heavy (non-hydrogen) atoms. The molecule has 4 rings (SSSR count). The Bertz CT molecular complexity index is 1040. The predicted molar refractivity (Wildman–Crippen MR) is 107 cm³/mol. The number of benzene rings is 1. The fourth-order valence-electron chi connectivity index (χ4n) is 3.37. The lowest BCUT2D eigenvalue weighted by Crippen LogP contribution is -2.41. The molecule has 1 aliphatic heterocycles. The maximum atomic E-state index is 12.7. The van der Waals surface area contributed by atoms with Gasteiger partial charge in [-0.3, -0.25) is 14.9 Å². The fourth-order valence-corrected chi connectivity index (χ4v) is 3.37. The van der Waals surface area contributed by atoms with Crippen molar-refractivity contribution in [3.63, 3.8) is 0 Å². The minimum atomic E-state index is -0.467. The molecule has 0 N–H and O–H groups in total. The number of nitro groups is 1. The summed E-state index contributed by atoms with van der Waals surface area (Å²) in [7, 11) is 0. The Morgan fingerprint density at radius 2 is 2.00 bits per heavy atom. The van der Waals surface area contributed by atoms with E-state index in [0.717, 1.165) is 0 Å². The third-order valence-electron chi connectivity index (χ3n) is 5.03. The highest BCUT2D eigenvalue weighted by atomic mass is 16.6. The highest BCUT2D eigenvalue weighted by Crippen LogP contribution is 2.23. The average Bonchev–Trinajstić information content (AvgIpc) is 3.29. The zero-order valence-electron chi connectivity index (χ0n) is 16.3. The molecule has 154 valence electrons. The molecule has 2 aromatic heterocycles. The largest absolute Gasteiger partial charge is 0.473 e. The third-order valence-corrected chi connectivity index (χ3v) is 5.03. The Morgan fingerprint density at radius 3 is 2.63 bits per heavy atom. The molecular weight excluding hydrogens is 388 g/mol. The van der Waals surface area contributed by atoms with Crippen LogP contribution in [-0.4, -0.2) is 54.9 Å². The summed E-state index contributed by atoms with van der Waals surface area (Å²) < 4.78 is 7.50. The van der Waals surface area contributed by atoms with Gasteiger partial charge in [0.05, 0.1) is 4.92 Å². The average molecular weight is 408 g/mol. The number of hydrogen-bond donors (Lipinski definition) is 0. The summed E-state index contributed by atoms with van der Waals surface area (Å²) in [5.74, 6) is 0.810. The number of rotatable bonds is 5. The molecular formula is C20H20N6O4. The van der Waals surface area contributed by atoms with Crippen LogP contribution >= 0.6 is 0 Å². The second-order valence-electron chi connectivity index (χ2n) is 7.05. The van der Waals surface area contributed by atoms with Crippen LogP contribution < -0.4 is 4.74 Å². The van der Waals surface area contributed by atoms with Gasteiger partial charge in [0.1, 0.15) is 6.10 Å². The second kappa shape index (κ2) is 8.27. The van der Waals surface area contributed by atoms with Crippen molar-refractivity contribution < 1.29 is 14.5 Å². The summed E-state index contributed by atoms with van der Waals surface area (Å²) in [5.41, 5.74) is 0.811. The van der Waals surface area contributed by atoms with Crippen molar-refractivity contribution in [3.8, 4) is 11.7 Å². The number of amides is 1. The quantitative estimate of drug-likeness (QED) is 0.470. The van der Waals surface area contributed by atoms with Crippen LogP contribution in [0.5, 0.6) is 5.88 Å². The molecule has 0 unspecified atom stereocenters. The normalized spacial score (nSPS) is 14.5. The van der Waals surface area contributed by atoms with Crippen molar-refractivity contribution in [3.05, 3.63) is 70.0 Å². The zero-order valence-corrected chi connectivity index (χ0v) is 16.3. The first kappa shape index (κ1) is 19.5. The van der Waals surface area contributed by atoms with Gasteiger partial charge in [0.25, 0.3) is 11.6 Å². The molecule has 0 aliphatic carbocycles. The van der Waals surface area contributed by atoms with E-state index in [1.54, 1.807) is 59.2 Å². The summed E-state index contributed by atoms with van der Waals surface area (Å²) in [6.45, 7) is 2.66. The fraction of sp³-hybridized carbons (Fsp3) is 0.300. The number of nitro benzene ring substituents is 1. The molecule has 0 spiro atoms. The van der Waals surface area contributed by atoms with E-state index in [2.05, 4.69) is 15.3 Å². The van der Waals surface area contributed by atoms with Gasteiger partial charge in [0.2, 0.25) is 5.88 Å². The summed E-state index contributed by atoms with van der Waals surface area (Å²) in [4.78, 5) is 25.1. The number of ether oxygens (including phenoxy) is 1. The monoisotopic (exact) mass is 408 g/mol. The first-order valence-electron chi connectivity index (χ1n) is 9.56. The molecule has 0 bridgehead atoms. The summed E-state index contributed by atoms with van der Waals surface area (Å²) in [6.07, 6.45) is 4.65. The Hall–Kier alpha value is -3.82. The smallest absolute Gasteiger partial charge is 0.273 e. The number of aryl methyl sites for hydroxylation is 1. The Balaban J connectivity index is 1.34. The summed E-state index contributed by atoms with van der Waals surface area (Å²) >= 11 is 0. The molecule has 3 heterocycles. The SMILES string of the molecule is Cc1ccc(C(=O)N2CCC(Oc3ccc(-n4cccn4)nn3)CC2)cc1[N+](=O)[O-]. The van der Waals surface area contributed by atoms with E-state index < -0.39 is 4.92 Å². The van der Waals surface area contributed by atoms with Crippen molar-refractivity contribution in [1.82, 2.24) is 24.9 Å². The number of likely N-dealkylation sites (tertiary alicyclic amines) is 1. The molecule has 0 radical (unpaired) electrons. The number of aromatic nitrogens is 4. The van der Waals surface area contributed by atoms with Crippen LogP contribution in [0.25, 0.3) is 5.82 Å². The van der Waals surface area contributed by atoms with Gasteiger partial charge in [0, 0.05) is 61.6 Å². The van der Waals surface area contributed by atoms with Crippen molar-refractivity contribution in [1.29, 1.82) is 0 Å². The molecule has 1 aliphatic rings. The Morgan fingerprint density at radius 1 is 1.20 bits per heavy atom. The molecule has 0 atom stereocenters. The van der Waals surface area contributed by atoms with Crippen LogP contribution in [0.15, 0.2) is 48.8 Å². The van der Waals surface area contributed by atoms with Crippen molar-refractivity contribution in [2.45, 2.75) is 25.9 Å². The van der Waals surface area contributed by atoms with Crippen LogP contribution in [0.4, 0.5) is 5.69 Å². The lowest BCUT2D eigenvalue weighted by Gasteiger charge is -2.31. The number of carbonyl (C=O) groups is 1. The van der Waals surface area contributed by atoms with Gasteiger partial charge in [0.15, 0.2) is 5.82 Å². The van der Waals surface area contributed by atoms with Gasteiger partial charge in [-0.2, -0.15) is 5.10 Å². The topological polar surface area (TPSA) is 116 Å². The first-order valence-corrected chi connectivity index (χ1v) is 9.56. The zero-order chi connectivity index (χ0) is 21.1. The third kappa shape index (κ3) is 4.12. The molecule has 1 aromatic carbocycles. The highest BCUT2D eigenvalue weighted by Gasteiger charge is 2.26. The molecule has 10 heteroatoms. The minimum absolute atomic E-state index is 0.0452. The van der Waals surface area contributed by atoms with Crippen LogP contribution in [-0.2, 0) is 0 Å². The Labute approximate surface area is 172 Å². The van der Waals surface area contributed by atoms with Gasteiger partial charge < -0.3 is 9.64 Å². The summed E-state index contributed by atoms with van der Waals surface area (Å²) in [5, 5.41) is 23.4. The highest BCUT2D eigenvalue weighted by molar-refractivity contribution is 5.95. The number of hydrogen-bond acceptors (Lipinski definition) is 7. The molecule has 1 amide bonds. The lowest BCUT2D eigenvalue weighted by molar-refractivity contribution is -0.385. The minimum Gasteiger partial charge on any atom is -0.473 e. The standard InChI is InChI=1S/C20H20N6O4/c1-14-3-4-15(13-17(14)26(28)29)20(27)24-11-7-16(8-12-24)30-19-6-5-18(22-23-19)25-10-2-9-21-25/h2-6,9-10,13,16H,7-8,11-12H2,1H3. The van der Waals surface area contributed by atoms with E-state index in [0.29, 0.717) is 48.8 Å². The van der Waals surface area contributed by atoms with Gasteiger partial charge in [-0.05, 0) is 25.1 Å². The Kier molecular flexibility index (Phi) is 5.38. The van der Waals surface area contributed by atoms with Crippen LogP contribution in [0.1, 0.15) is 28.8 Å². The van der Waals surface area contributed by atoms with E-state index in [-0.39, 0.29) is 17.7 Å². The van der Waals surface area contributed by atoms with E-state index in [4.69, 9.17) is 4.74 Å². The maximum Gasteiger partial charge on any atom is 0.273 e. The second-order valence-corrected chi connectivity index (χ2v) is 7.05. The van der Waals surface area contributed by atoms with E-state index in [1.165, 1.54) is 6.07 Å². The molecule has 0 saturated carbocycles.